The third-order valence-corrected chi connectivity index (χ3v) is 15.4. The van der Waals surface area contributed by atoms with Crippen molar-refractivity contribution in [1.82, 2.24) is 25.1 Å². The molecular formula is C52H79N5O12. The molecule has 1 saturated carbocycles. The van der Waals surface area contributed by atoms with E-state index in [1.165, 1.54) is 4.90 Å². The van der Waals surface area contributed by atoms with Crippen molar-refractivity contribution in [2.24, 2.45) is 47.3 Å². The lowest BCUT2D eigenvalue weighted by Crippen LogP contribution is -2.61. The molecule has 15 atom stereocenters. The number of esters is 1. The largest absolute Gasteiger partial charge is 0.460 e. The number of aromatic nitrogens is 4. The van der Waals surface area contributed by atoms with Gasteiger partial charge in [-0.25, -0.2) is 9.48 Å². The zero-order valence-corrected chi connectivity index (χ0v) is 42.0. The average Bonchev–Trinajstić information content (AvgIpc) is 3.88. The Labute approximate surface area is 407 Å². The molecule has 4 heterocycles. The number of ketones is 3. The van der Waals surface area contributed by atoms with Gasteiger partial charge in [-0.2, -0.15) is 0 Å². The smallest absolute Gasteiger partial charge is 0.329 e. The van der Waals surface area contributed by atoms with Gasteiger partial charge in [0.1, 0.15) is 30.0 Å². The van der Waals surface area contributed by atoms with Crippen LogP contribution in [0.2, 0.25) is 0 Å². The van der Waals surface area contributed by atoms with E-state index >= 15 is 0 Å². The van der Waals surface area contributed by atoms with E-state index in [9.17, 15) is 44.4 Å². The summed E-state index contributed by atoms with van der Waals surface area (Å²) in [6.07, 6.45) is 14.7. The first-order chi connectivity index (χ1) is 32.8. The van der Waals surface area contributed by atoms with Crippen molar-refractivity contribution in [3.63, 3.8) is 0 Å². The van der Waals surface area contributed by atoms with E-state index in [0.717, 1.165) is 12.0 Å². The number of carbonyl (C=O) groups is 5. The Morgan fingerprint density at radius 3 is 2.35 bits per heavy atom. The van der Waals surface area contributed by atoms with Crippen molar-refractivity contribution in [1.29, 1.82) is 0 Å². The number of allylic oxidation sites excluding steroid dienone is 6. The molecule has 5 rings (SSSR count). The zero-order chi connectivity index (χ0) is 50.6. The number of hydrogen-bond acceptors (Lipinski definition) is 15. The maximum atomic E-state index is 14.5. The number of ether oxygens (including phenoxy) is 3. The SMILES string of the molecule is CO[C@H]1C[C@@H]2CC[C@@H](C)[C@@](O)(O2)C(=O)C(=O)N2CCCC[C@H]2C(=O)OC([C@H](C)C[C@@H]2CC[C@H](n3cnnn3)[C@H](CO)C2)CC(=O)[C@H](C)/C=C(\C)[C@@H](O)[C@@H](CO)C(=O)[C@H](C)C[C@H](C)/C=C/C=C/C=C/1C. The quantitative estimate of drug-likeness (QED) is 0.155. The minimum Gasteiger partial charge on any atom is -0.460 e. The second-order valence-electron chi connectivity index (χ2n) is 20.7. The minimum absolute atomic E-state index is 0.0140. The molecule has 17 heteroatoms. The summed E-state index contributed by atoms with van der Waals surface area (Å²) in [7, 11) is 1.57. The number of piperidine rings is 1. The average molecular weight is 966 g/mol. The molecule has 3 aliphatic heterocycles. The topological polar surface area (TPSA) is 241 Å². The van der Waals surface area contributed by atoms with E-state index < -0.39 is 84.2 Å². The number of amides is 1. The van der Waals surface area contributed by atoms with E-state index in [2.05, 4.69) is 15.5 Å². The molecule has 1 aromatic rings. The third-order valence-electron chi connectivity index (χ3n) is 15.4. The van der Waals surface area contributed by atoms with Gasteiger partial charge in [0.2, 0.25) is 5.79 Å². The highest BCUT2D eigenvalue weighted by molar-refractivity contribution is 6.39. The van der Waals surface area contributed by atoms with Crippen molar-refractivity contribution in [2.45, 2.75) is 168 Å². The van der Waals surface area contributed by atoms with E-state index in [1.54, 1.807) is 51.9 Å². The monoisotopic (exact) mass is 966 g/mol. The first-order valence-corrected chi connectivity index (χ1v) is 25.2. The first kappa shape index (κ1) is 55.7. The van der Waals surface area contributed by atoms with Crippen molar-refractivity contribution in [3.05, 3.63) is 53.9 Å². The maximum Gasteiger partial charge on any atom is 0.329 e. The van der Waals surface area contributed by atoms with Crippen LogP contribution in [0.3, 0.4) is 0 Å². The van der Waals surface area contributed by atoms with Crippen molar-refractivity contribution in [2.75, 3.05) is 26.9 Å². The fourth-order valence-electron chi connectivity index (χ4n) is 11.0. The van der Waals surface area contributed by atoms with Gasteiger partial charge >= 0.3 is 5.97 Å². The summed E-state index contributed by atoms with van der Waals surface area (Å²) >= 11 is 0. The second-order valence-corrected chi connectivity index (χ2v) is 20.7. The van der Waals surface area contributed by atoms with Crippen LogP contribution in [-0.4, -0.2) is 138 Å². The molecule has 2 saturated heterocycles. The highest BCUT2D eigenvalue weighted by atomic mass is 16.6. The first-order valence-electron chi connectivity index (χ1n) is 25.2. The molecule has 1 aliphatic carbocycles. The predicted molar refractivity (Wildman–Crippen MR) is 256 cm³/mol. The van der Waals surface area contributed by atoms with Gasteiger partial charge in [0, 0.05) is 56.8 Å². The fraction of sp³-hybridized carbons (Fsp3) is 0.731. The number of methoxy groups -OCH3 is 1. The number of carbonyl (C=O) groups excluding carboxylic acids is 5. The van der Waals surface area contributed by atoms with E-state index in [1.807, 2.05) is 51.2 Å². The van der Waals surface area contributed by atoms with Crippen LogP contribution in [-0.2, 0) is 38.2 Å². The number of hydrogen-bond donors (Lipinski definition) is 4. The lowest BCUT2D eigenvalue weighted by molar-refractivity contribution is -0.265. The summed E-state index contributed by atoms with van der Waals surface area (Å²) in [5, 5.41) is 55.8. The molecular weight excluding hydrogens is 887 g/mol. The third kappa shape index (κ3) is 14.2. The maximum absolute atomic E-state index is 14.5. The normalized spacial score (nSPS) is 38.8. The number of tetrazole rings is 1. The number of Topliss-reactive ketones (excluding diaryl/α,β-unsaturated/α-hetero) is 3. The number of rotatable bonds is 7. The standard InChI is InChI=1S/C52H79N5O12/c1-31-14-10-9-11-15-32(2)45(67-8)26-40-19-17-37(7)52(66,69-40)49(63)50(64)56-21-13-12-16-43(56)51(65)68-46(34(4)24-38-18-20-42(39(25-38)28-58)57-30-53-54-55-57)27-44(60)33(3)23-36(6)48(62)41(29-59)47(61)35(5)22-31/h9-11,14-15,23,30-31,33-35,37-43,45-46,48,58-59,62,66H,12-13,16-22,24-29H2,1-8H3/b11-9+,14-10+,32-15+,36-23+/t31-,33-,34-,35-,37-,38+,39+,40+,41+,42+,43+,45+,46?,48-,52-/m1/s1. The van der Waals surface area contributed by atoms with Crippen LogP contribution >= 0.6 is 0 Å². The molecule has 1 aromatic heterocycles. The van der Waals surface area contributed by atoms with Gasteiger partial charge in [-0.1, -0.05) is 71.1 Å². The Morgan fingerprint density at radius 2 is 1.67 bits per heavy atom. The summed E-state index contributed by atoms with van der Waals surface area (Å²) in [5.74, 6) is -9.51. The van der Waals surface area contributed by atoms with Crippen molar-refractivity contribution in [3.8, 4) is 0 Å². The van der Waals surface area contributed by atoms with Crippen LogP contribution in [0.15, 0.2) is 53.9 Å². The Kier molecular flexibility index (Phi) is 20.8. The molecule has 2 bridgehead atoms. The Morgan fingerprint density at radius 1 is 0.913 bits per heavy atom. The summed E-state index contributed by atoms with van der Waals surface area (Å²) in [6.45, 7) is 11.9. The Balaban J connectivity index is 1.46. The van der Waals surface area contributed by atoms with Gasteiger partial charge in [-0.3, -0.25) is 19.2 Å². The molecule has 0 radical (unpaired) electrons. The molecule has 3 fully saturated rings. The molecule has 0 spiro atoms. The summed E-state index contributed by atoms with van der Waals surface area (Å²) < 4.78 is 20.0. The van der Waals surface area contributed by atoms with E-state index in [0.29, 0.717) is 63.4 Å². The number of aliphatic hydroxyl groups excluding tert-OH is 3. The molecule has 384 valence electrons. The minimum atomic E-state index is -2.45. The summed E-state index contributed by atoms with van der Waals surface area (Å²) in [5.41, 5.74) is 1.21. The van der Waals surface area contributed by atoms with Crippen molar-refractivity contribution < 1.29 is 58.6 Å². The van der Waals surface area contributed by atoms with E-state index in [4.69, 9.17) is 14.2 Å². The van der Waals surface area contributed by atoms with Gasteiger partial charge in [-0.15, -0.1) is 5.10 Å². The van der Waals surface area contributed by atoms with Gasteiger partial charge < -0.3 is 39.5 Å². The fourth-order valence-corrected chi connectivity index (χ4v) is 11.0. The van der Waals surface area contributed by atoms with Gasteiger partial charge in [0.15, 0.2) is 0 Å². The lowest BCUT2D eigenvalue weighted by atomic mass is 9.74. The number of fused-ring (bicyclic) bond motifs is 3. The van der Waals surface area contributed by atoms with E-state index in [-0.39, 0.29) is 67.3 Å². The predicted octanol–water partition coefficient (Wildman–Crippen LogP) is 5.23. The molecule has 1 unspecified atom stereocenters. The van der Waals surface area contributed by atoms with Crippen LogP contribution in [0.1, 0.15) is 132 Å². The number of aliphatic hydroxyl groups is 4. The molecule has 4 N–H and O–H groups in total. The zero-order valence-electron chi connectivity index (χ0n) is 42.0. The molecule has 17 nitrogen and oxygen atoms in total. The molecule has 0 aromatic carbocycles. The Hall–Kier alpha value is -4.26. The van der Waals surface area contributed by atoms with Crippen LogP contribution in [0.25, 0.3) is 0 Å². The highest BCUT2D eigenvalue weighted by Gasteiger charge is 2.53. The summed E-state index contributed by atoms with van der Waals surface area (Å²) in [4.78, 5) is 72.2. The highest BCUT2D eigenvalue weighted by Crippen LogP contribution is 2.41. The number of cyclic esters (lactones) is 1. The second kappa shape index (κ2) is 25.7. The lowest BCUT2D eigenvalue weighted by Gasteiger charge is -2.42. The van der Waals surface area contributed by atoms with Gasteiger partial charge in [0.25, 0.3) is 11.7 Å². The summed E-state index contributed by atoms with van der Waals surface area (Å²) in [6, 6.07) is -1.25. The van der Waals surface area contributed by atoms with Crippen molar-refractivity contribution >= 4 is 29.2 Å². The molecule has 1 amide bonds. The molecule has 69 heavy (non-hydrogen) atoms. The van der Waals surface area contributed by atoms with Crippen LogP contribution in [0.4, 0.5) is 0 Å². The van der Waals surface area contributed by atoms with Crippen LogP contribution < -0.4 is 0 Å². The van der Waals surface area contributed by atoms with Gasteiger partial charge in [0.05, 0.1) is 36.9 Å². The van der Waals surface area contributed by atoms with Crippen LogP contribution in [0.5, 0.6) is 0 Å². The molecule has 4 aliphatic rings. The number of nitrogens with zero attached hydrogens (tertiary/aromatic N) is 5. The Bertz CT molecular complexity index is 2020. The van der Waals surface area contributed by atoms with Crippen LogP contribution in [0, 0.1) is 47.3 Å². The van der Waals surface area contributed by atoms with Gasteiger partial charge in [-0.05, 0) is 117 Å².